The molecule has 6 N–H and O–H groups in total. The van der Waals surface area contributed by atoms with Gasteiger partial charge in [0.2, 0.25) is 17.7 Å². The zero-order valence-electron chi connectivity index (χ0n) is 30.6. The van der Waals surface area contributed by atoms with Gasteiger partial charge < -0.3 is 35.3 Å². The highest BCUT2D eigenvalue weighted by atomic mass is 16.6. The molecule has 0 radical (unpaired) electrons. The summed E-state index contributed by atoms with van der Waals surface area (Å²) in [5.74, 6) is -1.56. The van der Waals surface area contributed by atoms with Gasteiger partial charge in [0.15, 0.2) is 5.96 Å². The number of likely N-dealkylation sites (tertiary alicyclic amines) is 1. The van der Waals surface area contributed by atoms with E-state index < -0.39 is 54.1 Å². The van der Waals surface area contributed by atoms with E-state index in [9.17, 15) is 24.3 Å². The molecule has 1 saturated heterocycles. The zero-order chi connectivity index (χ0) is 38.9. The number of amides is 4. The van der Waals surface area contributed by atoms with Gasteiger partial charge in [0.1, 0.15) is 31.4 Å². The summed E-state index contributed by atoms with van der Waals surface area (Å²) in [4.78, 5) is 60.3. The number of benzene rings is 3. The number of methoxy groups -OCH3 is 1. The molecule has 1 heterocycles. The van der Waals surface area contributed by atoms with Gasteiger partial charge in [-0.3, -0.25) is 30.2 Å². The lowest BCUT2D eigenvalue weighted by molar-refractivity contribution is -0.142. The van der Waals surface area contributed by atoms with Crippen molar-refractivity contribution in [2.45, 2.75) is 69.5 Å². The van der Waals surface area contributed by atoms with Gasteiger partial charge in [-0.15, -0.1) is 0 Å². The number of carbonyl (C=O) groups is 4. The Morgan fingerprint density at radius 1 is 0.944 bits per heavy atom. The first-order valence-electron chi connectivity index (χ1n) is 17.7. The van der Waals surface area contributed by atoms with Crippen LogP contribution in [-0.4, -0.2) is 102 Å². The first-order valence-corrected chi connectivity index (χ1v) is 17.7. The van der Waals surface area contributed by atoms with Crippen molar-refractivity contribution in [3.8, 4) is 0 Å². The number of carbonyl (C=O) groups excluding carboxylic acids is 4. The van der Waals surface area contributed by atoms with E-state index in [2.05, 4.69) is 15.6 Å². The van der Waals surface area contributed by atoms with Crippen molar-refractivity contribution < 1.29 is 38.5 Å². The highest BCUT2D eigenvalue weighted by Crippen LogP contribution is 2.23. The third-order valence-electron chi connectivity index (χ3n) is 8.95. The molecule has 1 aliphatic rings. The summed E-state index contributed by atoms with van der Waals surface area (Å²) in [5.41, 5.74) is 8.27. The minimum atomic E-state index is -1.49. The van der Waals surface area contributed by atoms with Crippen molar-refractivity contribution in [3.05, 3.63) is 108 Å². The molecule has 4 atom stereocenters. The molecule has 1 fully saturated rings. The van der Waals surface area contributed by atoms with E-state index >= 15 is 0 Å². The number of hydrogen-bond donors (Lipinski definition) is 5. The molecule has 0 aliphatic carbocycles. The molecule has 4 amide bonds. The molecule has 0 bridgehead atoms. The van der Waals surface area contributed by atoms with Gasteiger partial charge in [-0.25, -0.2) is 9.59 Å². The van der Waals surface area contributed by atoms with Crippen LogP contribution in [0.2, 0.25) is 0 Å². The average molecular weight is 744 g/mol. The van der Waals surface area contributed by atoms with Crippen LogP contribution in [-0.2, 0) is 43.4 Å². The van der Waals surface area contributed by atoms with E-state index in [1.165, 1.54) is 24.0 Å². The number of alkyl carbamates (subject to hydrolysis) is 1. The summed E-state index contributed by atoms with van der Waals surface area (Å²) in [6, 6.07) is 24.8. The maximum Gasteiger partial charge on any atom is 0.414 e. The number of nitrogens with two attached hydrogens (primary N) is 1. The Morgan fingerprint density at radius 2 is 1.52 bits per heavy atom. The zero-order valence-corrected chi connectivity index (χ0v) is 30.6. The second kappa shape index (κ2) is 20.9. The molecule has 1 unspecified atom stereocenters. The van der Waals surface area contributed by atoms with E-state index in [4.69, 9.17) is 25.4 Å². The van der Waals surface area contributed by atoms with Crippen molar-refractivity contribution in [2.75, 3.05) is 27.2 Å². The number of rotatable bonds is 16. The molecular formula is C39H49N7O8. The third kappa shape index (κ3) is 12.3. The van der Waals surface area contributed by atoms with Crippen molar-refractivity contribution in [2.24, 2.45) is 10.7 Å². The van der Waals surface area contributed by atoms with Gasteiger partial charge in [0.05, 0.1) is 13.2 Å². The minimum absolute atomic E-state index is 0.0287. The van der Waals surface area contributed by atoms with Gasteiger partial charge >= 0.3 is 12.2 Å². The van der Waals surface area contributed by atoms with Crippen LogP contribution in [0.3, 0.4) is 0 Å². The van der Waals surface area contributed by atoms with E-state index in [1.54, 1.807) is 0 Å². The number of nitrogens with zero attached hydrogens (tertiary/aromatic N) is 3. The van der Waals surface area contributed by atoms with Crippen molar-refractivity contribution in [3.63, 3.8) is 0 Å². The highest BCUT2D eigenvalue weighted by molar-refractivity contribution is 5.93. The summed E-state index contributed by atoms with van der Waals surface area (Å²) >= 11 is 0. The van der Waals surface area contributed by atoms with Crippen LogP contribution in [0, 0.1) is 5.41 Å². The Morgan fingerprint density at radius 3 is 2.11 bits per heavy atom. The number of nitrogens with one attached hydrogen (secondary N) is 3. The van der Waals surface area contributed by atoms with Gasteiger partial charge in [-0.05, 0) is 42.4 Å². The summed E-state index contributed by atoms with van der Waals surface area (Å²) < 4.78 is 15.6. The molecule has 15 heteroatoms. The monoisotopic (exact) mass is 743 g/mol. The summed E-state index contributed by atoms with van der Waals surface area (Å²) in [6.45, 7) is 0.485. The highest BCUT2D eigenvalue weighted by Gasteiger charge is 2.41. The maximum absolute atomic E-state index is 14.3. The van der Waals surface area contributed by atoms with Crippen LogP contribution in [0.15, 0.2) is 96.0 Å². The van der Waals surface area contributed by atoms with Crippen LogP contribution in [0.25, 0.3) is 0 Å². The van der Waals surface area contributed by atoms with Crippen molar-refractivity contribution >= 4 is 35.9 Å². The van der Waals surface area contributed by atoms with E-state index in [0.717, 1.165) is 16.7 Å². The van der Waals surface area contributed by atoms with Crippen LogP contribution >= 0.6 is 0 Å². The molecule has 54 heavy (non-hydrogen) atoms. The third-order valence-corrected chi connectivity index (χ3v) is 8.95. The minimum Gasteiger partial charge on any atom is -0.483 e. The lowest BCUT2D eigenvalue weighted by Crippen LogP contribution is -2.57. The Kier molecular flexibility index (Phi) is 15.8. The summed E-state index contributed by atoms with van der Waals surface area (Å²) in [6.07, 6.45) is -1.41. The Balaban J connectivity index is 1.39. The van der Waals surface area contributed by atoms with Crippen LogP contribution < -0.4 is 16.4 Å². The van der Waals surface area contributed by atoms with Crippen LogP contribution in [0.4, 0.5) is 9.59 Å². The topological polar surface area (TPSA) is 209 Å². The standard InChI is InChI=1S/C39H49N7O8/c1-45(39(51)54-26-29-18-10-5-11-19-29)32(24-27-14-6-3-7-15-27)36(49)46-23-13-21-31(46)35(48)43-30(33(47)34(40)52-2)20-12-22-42-37(41)44-38(50)53-25-28-16-8-4-9-17-28/h3-11,14-19,30-33,40,47H,12-13,20-26H2,1-2H3,(H,43,48)(H3,41,42,44,50)/t30-,31-,32+,33?/m0/s1. The summed E-state index contributed by atoms with van der Waals surface area (Å²) in [5, 5.41) is 24.1. The fraction of sp³-hybridized carbons (Fsp3) is 0.385. The first kappa shape index (κ1) is 40.8. The molecular weight excluding hydrogens is 694 g/mol. The molecule has 4 rings (SSSR count). The number of hydrogen-bond acceptors (Lipinski definition) is 10. The Labute approximate surface area is 315 Å². The van der Waals surface area contributed by atoms with E-state index in [0.29, 0.717) is 19.3 Å². The molecule has 0 aromatic heterocycles. The second-order valence-corrected chi connectivity index (χ2v) is 12.8. The number of likely N-dealkylation sites (N-methyl/N-ethyl adjacent to an activating group) is 1. The van der Waals surface area contributed by atoms with Crippen LogP contribution in [0.1, 0.15) is 42.4 Å². The quantitative estimate of drug-likeness (QED) is 0.0827. The van der Waals surface area contributed by atoms with Gasteiger partial charge in [0, 0.05) is 26.6 Å². The van der Waals surface area contributed by atoms with Crippen LogP contribution in [0.5, 0.6) is 0 Å². The molecule has 15 nitrogen and oxygen atoms in total. The fourth-order valence-corrected chi connectivity index (χ4v) is 5.98. The summed E-state index contributed by atoms with van der Waals surface area (Å²) in [7, 11) is 2.74. The average Bonchev–Trinajstić information content (AvgIpc) is 3.70. The van der Waals surface area contributed by atoms with Crippen molar-refractivity contribution in [1.29, 1.82) is 5.41 Å². The van der Waals surface area contributed by atoms with Gasteiger partial charge in [-0.1, -0.05) is 91.0 Å². The predicted octanol–water partition coefficient (Wildman–Crippen LogP) is 3.35. The van der Waals surface area contributed by atoms with E-state index in [1.807, 2.05) is 91.0 Å². The lowest BCUT2D eigenvalue weighted by atomic mass is 10.0. The predicted molar refractivity (Wildman–Crippen MR) is 201 cm³/mol. The second-order valence-electron chi connectivity index (χ2n) is 12.8. The fourth-order valence-electron chi connectivity index (χ4n) is 5.98. The molecule has 1 aliphatic heterocycles. The maximum atomic E-state index is 14.3. The SMILES string of the molecule is COC(=N)C(O)[C@H](CCCN=C(N)NC(=O)OCc1ccccc1)NC(=O)[C@@H]1CCCN1C(=O)[C@@H](Cc1ccccc1)N(C)C(=O)OCc1ccccc1. The molecule has 0 saturated carbocycles. The molecule has 3 aromatic carbocycles. The van der Waals surface area contributed by atoms with Crippen molar-refractivity contribution in [1.82, 2.24) is 20.4 Å². The van der Waals surface area contributed by atoms with Gasteiger partial charge in [-0.2, -0.15) is 0 Å². The number of aliphatic hydroxyl groups is 1. The number of ether oxygens (including phenoxy) is 3. The Hall–Kier alpha value is -5.96. The number of aliphatic hydroxyl groups excluding tert-OH is 1. The largest absolute Gasteiger partial charge is 0.483 e. The molecule has 0 spiro atoms. The van der Waals surface area contributed by atoms with E-state index in [-0.39, 0.29) is 45.1 Å². The number of aliphatic imine (C=N–C) groups is 1. The normalized spacial score (nSPS) is 15.6. The number of guanidine groups is 1. The lowest BCUT2D eigenvalue weighted by Gasteiger charge is -2.33. The smallest absolute Gasteiger partial charge is 0.414 e. The van der Waals surface area contributed by atoms with Gasteiger partial charge in [0.25, 0.3) is 0 Å². The molecule has 288 valence electrons. The Bertz CT molecular complexity index is 1710. The first-order chi connectivity index (χ1) is 26.1. The molecule has 3 aromatic rings.